The van der Waals surface area contributed by atoms with Gasteiger partial charge in [0.25, 0.3) is 5.91 Å². The van der Waals surface area contributed by atoms with Gasteiger partial charge in [-0.05, 0) is 37.3 Å². The molecule has 1 amide bonds. The van der Waals surface area contributed by atoms with E-state index in [1.807, 2.05) is 20.8 Å². The van der Waals surface area contributed by atoms with E-state index in [2.05, 4.69) is 34.7 Å². The number of nitrogens with zero attached hydrogens (tertiary/aromatic N) is 1. The molecule has 1 aromatic carbocycles. The highest BCUT2D eigenvalue weighted by Crippen LogP contribution is 2.31. The minimum absolute atomic E-state index is 0.0736. The molecule has 1 N–H and O–H groups in total. The summed E-state index contributed by atoms with van der Waals surface area (Å²) < 4.78 is 5.32. The molecule has 1 aliphatic rings. The molecule has 122 valence electrons. The van der Waals surface area contributed by atoms with E-state index in [4.69, 9.17) is 4.52 Å². The van der Waals surface area contributed by atoms with Gasteiger partial charge in [0.2, 0.25) is 0 Å². The largest absolute Gasteiger partial charge is 0.360 e. The SMILES string of the molecule is Cc1noc(C(C)C)c1C(=O)NCC1CCCc2ccccc21. The Balaban J connectivity index is 1.72. The molecule has 0 saturated heterocycles. The maximum absolute atomic E-state index is 12.6. The molecule has 1 unspecified atom stereocenters. The van der Waals surface area contributed by atoms with Gasteiger partial charge in [-0.1, -0.05) is 43.3 Å². The molecule has 1 aromatic heterocycles. The van der Waals surface area contributed by atoms with Crippen LogP contribution in [0, 0.1) is 6.92 Å². The number of carbonyl (C=O) groups excluding carboxylic acids is 1. The van der Waals surface area contributed by atoms with E-state index in [0.717, 1.165) is 12.8 Å². The van der Waals surface area contributed by atoms with Crippen LogP contribution in [0.2, 0.25) is 0 Å². The van der Waals surface area contributed by atoms with Crippen molar-refractivity contribution in [1.29, 1.82) is 0 Å². The van der Waals surface area contributed by atoms with Gasteiger partial charge >= 0.3 is 0 Å². The molecule has 3 rings (SSSR count). The zero-order chi connectivity index (χ0) is 16.4. The average molecular weight is 312 g/mol. The van der Waals surface area contributed by atoms with Gasteiger partial charge in [-0.25, -0.2) is 0 Å². The van der Waals surface area contributed by atoms with Crippen molar-refractivity contribution >= 4 is 5.91 Å². The minimum Gasteiger partial charge on any atom is -0.360 e. The molecule has 2 aromatic rings. The predicted molar refractivity (Wildman–Crippen MR) is 89.8 cm³/mol. The summed E-state index contributed by atoms with van der Waals surface area (Å²) in [5, 5.41) is 7.05. The van der Waals surface area contributed by atoms with Gasteiger partial charge in [0.15, 0.2) is 5.76 Å². The second-order valence-electron chi connectivity index (χ2n) is 6.66. The van der Waals surface area contributed by atoms with Crippen LogP contribution in [0.4, 0.5) is 0 Å². The van der Waals surface area contributed by atoms with Crippen LogP contribution in [0.1, 0.15) is 71.5 Å². The number of rotatable bonds is 4. The number of benzene rings is 1. The Hall–Kier alpha value is -2.10. The second-order valence-corrected chi connectivity index (χ2v) is 6.66. The van der Waals surface area contributed by atoms with Crippen LogP contribution in [0.15, 0.2) is 28.8 Å². The van der Waals surface area contributed by atoms with Crippen molar-refractivity contribution < 1.29 is 9.32 Å². The van der Waals surface area contributed by atoms with E-state index < -0.39 is 0 Å². The van der Waals surface area contributed by atoms with Gasteiger partial charge in [-0.3, -0.25) is 4.79 Å². The van der Waals surface area contributed by atoms with Crippen molar-refractivity contribution in [3.63, 3.8) is 0 Å². The number of aromatic nitrogens is 1. The van der Waals surface area contributed by atoms with Crippen LogP contribution in [-0.4, -0.2) is 17.6 Å². The van der Waals surface area contributed by atoms with Crippen LogP contribution >= 0.6 is 0 Å². The summed E-state index contributed by atoms with van der Waals surface area (Å²) in [7, 11) is 0. The number of nitrogens with one attached hydrogen (secondary N) is 1. The molecule has 1 heterocycles. The molecule has 4 nitrogen and oxygen atoms in total. The smallest absolute Gasteiger partial charge is 0.256 e. The molecule has 0 spiro atoms. The van der Waals surface area contributed by atoms with Gasteiger partial charge in [-0.2, -0.15) is 0 Å². The maximum Gasteiger partial charge on any atom is 0.256 e. The number of carbonyl (C=O) groups is 1. The standard InChI is InChI=1S/C19H24N2O2/c1-12(2)18-17(13(3)21-23-18)19(22)20-11-15-9-6-8-14-7-4-5-10-16(14)15/h4-5,7,10,12,15H,6,8-9,11H2,1-3H3,(H,20,22). The number of aryl methyl sites for hydroxylation is 2. The molecule has 4 heteroatoms. The summed E-state index contributed by atoms with van der Waals surface area (Å²) in [5.74, 6) is 1.14. The lowest BCUT2D eigenvalue weighted by Gasteiger charge is -2.25. The Morgan fingerprint density at radius 3 is 2.96 bits per heavy atom. The van der Waals surface area contributed by atoms with Crippen molar-refractivity contribution in [3.05, 3.63) is 52.4 Å². The first-order valence-electron chi connectivity index (χ1n) is 8.40. The van der Waals surface area contributed by atoms with Crippen LogP contribution in [0.25, 0.3) is 0 Å². The van der Waals surface area contributed by atoms with Crippen LogP contribution < -0.4 is 5.32 Å². The van der Waals surface area contributed by atoms with Gasteiger partial charge < -0.3 is 9.84 Å². The van der Waals surface area contributed by atoms with E-state index in [0.29, 0.717) is 29.5 Å². The average Bonchev–Trinajstić information content (AvgIpc) is 2.94. The van der Waals surface area contributed by atoms with Crippen molar-refractivity contribution in [1.82, 2.24) is 10.5 Å². The summed E-state index contributed by atoms with van der Waals surface area (Å²) >= 11 is 0. The fourth-order valence-corrected chi connectivity index (χ4v) is 3.43. The Labute approximate surface area is 137 Å². The molecule has 23 heavy (non-hydrogen) atoms. The van der Waals surface area contributed by atoms with Crippen LogP contribution in [0.3, 0.4) is 0 Å². The summed E-state index contributed by atoms with van der Waals surface area (Å²) in [6.07, 6.45) is 3.45. The lowest BCUT2D eigenvalue weighted by atomic mass is 9.83. The van der Waals surface area contributed by atoms with Gasteiger partial charge in [-0.15, -0.1) is 0 Å². The van der Waals surface area contributed by atoms with E-state index in [1.54, 1.807) is 0 Å². The van der Waals surface area contributed by atoms with E-state index >= 15 is 0 Å². The zero-order valence-electron chi connectivity index (χ0n) is 14.1. The molecule has 1 atom stereocenters. The molecule has 0 bridgehead atoms. The van der Waals surface area contributed by atoms with Crippen LogP contribution in [-0.2, 0) is 6.42 Å². The third-order valence-electron chi connectivity index (χ3n) is 4.64. The summed E-state index contributed by atoms with van der Waals surface area (Å²) in [6.45, 7) is 6.50. The van der Waals surface area contributed by atoms with E-state index in [-0.39, 0.29) is 11.8 Å². The second kappa shape index (κ2) is 6.57. The minimum atomic E-state index is -0.0736. The molecular weight excluding hydrogens is 288 g/mol. The highest BCUT2D eigenvalue weighted by atomic mass is 16.5. The van der Waals surface area contributed by atoms with Crippen molar-refractivity contribution in [3.8, 4) is 0 Å². The number of fused-ring (bicyclic) bond motifs is 1. The molecule has 0 aliphatic heterocycles. The normalized spacial score (nSPS) is 17.1. The Kier molecular flexibility index (Phi) is 4.51. The predicted octanol–water partition coefficient (Wildman–Crippen LogP) is 3.96. The van der Waals surface area contributed by atoms with Gasteiger partial charge in [0.1, 0.15) is 5.56 Å². The molecular formula is C19H24N2O2. The van der Waals surface area contributed by atoms with E-state index in [9.17, 15) is 4.79 Å². The number of amides is 1. The fraction of sp³-hybridized carbons (Fsp3) is 0.474. The highest BCUT2D eigenvalue weighted by Gasteiger charge is 2.24. The van der Waals surface area contributed by atoms with Gasteiger partial charge in [0, 0.05) is 18.4 Å². The summed E-state index contributed by atoms with van der Waals surface area (Å²) in [6, 6.07) is 8.56. The summed E-state index contributed by atoms with van der Waals surface area (Å²) in [4.78, 5) is 12.6. The molecule has 0 saturated carbocycles. The Bertz CT molecular complexity index is 703. The first-order valence-corrected chi connectivity index (χ1v) is 8.40. The van der Waals surface area contributed by atoms with Crippen molar-refractivity contribution in [2.45, 2.75) is 51.9 Å². The molecule has 0 radical (unpaired) electrons. The molecule has 0 fully saturated rings. The first-order chi connectivity index (χ1) is 11.1. The Morgan fingerprint density at radius 1 is 1.39 bits per heavy atom. The quantitative estimate of drug-likeness (QED) is 0.930. The lowest BCUT2D eigenvalue weighted by Crippen LogP contribution is -2.30. The topological polar surface area (TPSA) is 55.1 Å². The van der Waals surface area contributed by atoms with Crippen molar-refractivity contribution in [2.75, 3.05) is 6.54 Å². The summed E-state index contributed by atoms with van der Waals surface area (Å²) in [5.41, 5.74) is 4.06. The monoisotopic (exact) mass is 312 g/mol. The van der Waals surface area contributed by atoms with E-state index in [1.165, 1.54) is 17.5 Å². The van der Waals surface area contributed by atoms with Crippen LogP contribution in [0.5, 0.6) is 0 Å². The first kappa shape index (κ1) is 15.8. The zero-order valence-corrected chi connectivity index (χ0v) is 14.1. The number of hydrogen-bond acceptors (Lipinski definition) is 3. The maximum atomic E-state index is 12.6. The third kappa shape index (κ3) is 3.16. The Morgan fingerprint density at radius 2 is 2.17 bits per heavy atom. The van der Waals surface area contributed by atoms with Crippen molar-refractivity contribution in [2.24, 2.45) is 0 Å². The molecule has 1 aliphatic carbocycles. The third-order valence-corrected chi connectivity index (χ3v) is 4.64. The number of hydrogen-bond donors (Lipinski definition) is 1. The fourth-order valence-electron chi connectivity index (χ4n) is 3.43. The lowest BCUT2D eigenvalue weighted by molar-refractivity contribution is 0.0947. The van der Waals surface area contributed by atoms with Gasteiger partial charge in [0.05, 0.1) is 5.69 Å². The highest BCUT2D eigenvalue weighted by molar-refractivity contribution is 5.96.